The highest BCUT2D eigenvalue weighted by Gasteiger charge is 2.44. The first-order valence-corrected chi connectivity index (χ1v) is 20.6. The van der Waals surface area contributed by atoms with Gasteiger partial charge in [0.2, 0.25) is 0 Å². The van der Waals surface area contributed by atoms with Crippen LogP contribution < -0.4 is 0 Å². The van der Waals surface area contributed by atoms with Crippen LogP contribution in [0.5, 0.6) is 0 Å². The molecule has 0 aliphatic carbocycles. The molecule has 1 aliphatic rings. The summed E-state index contributed by atoms with van der Waals surface area (Å²) < 4.78 is 22.1. The van der Waals surface area contributed by atoms with Crippen molar-refractivity contribution in [1.82, 2.24) is 0 Å². The molecule has 0 radical (unpaired) electrons. The zero-order valence-electron chi connectivity index (χ0n) is 33.2. The molecule has 2 unspecified atom stereocenters. The second-order valence-electron chi connectivity index (χ2n) is 13.8. The first-order chi connectivity index (χ1) is 26.3. The van der Waals surface area contributed by atoms with Gasteiger partial charge in [0.1, 0.15) is 31.0 Å². The van der Waals surface area contributed by atoms with Crippen molar-refractivity contribution in [3.63, 3.8) is 0 Å². The Hall–Kier alpha value is -2.86. The Morgan fingerprint density at radius 1 is 0.611 bits per heavy atom. The number of ether oxygens (including phenoxy) is 4. The van der Waals surface area contributed by atoms with E-state index in [0.717, 1.165) is 83.5 Å². The lowest BCUT2D eigenvalue weighted by Gasteiger charge is -2.39. The number of aliphatic hydroxyl groups excluding tert-OH is 4. The van der Waals surface area contributed by atoms with Crippen LogP contribution in [0.15, 0.2) is 72.9 Å². The lowest BCUT2D eigenvalue weighted by atomic mass is 9.99. The SMILES string of the molecule is CC/C=C/C=C/C=C/C=C/CCCCCCCC(=O)O[C@@H](COC(=O)CCCCCCC/C=C/C/C=C/CCCC)CO[C@H]1O[C@@H](CO)[C@@H](O)C(O)C1O. The molecule has 6 atom stereocenters. The van der Waals surface area contributed by atoms with Gasteiger partial charge in [-0.3, -0.25) is 9.59 Å². The Labute approximate surface area is 325 Å². The Balaban J connectivity index is 2.41. The number of hydrogen-bond acceptors (Lipinski definition) is 10. The molecule has 0 aromatic heterocycles. The maximum atomic E-state index is 12.7. The van der Waals surface area contributed by atoms with E-state index >= 15 is 0 Å². The zero-order valence-corrected chi connectivity index (χ0v) is 33.2. The van der Waals surface area contributed by atoms with Crippen LogP contribution in [-0.4, -0.2) is 89.0 Å². The van der Waals surface area contributed by atoms with Crippen LogP contribution in [0.4, 0.5) is 0 Å². The molecular weight excluding hydrogens is 688 g/mol. The quantitative estimate of drug-likeness (QED) is 0.0230. The third kappa shape index (κ3) is 26.0. The number of carbonyl (C=O) groups excluding carboxylic acids is 2. The van der Waals surface area contributed by atoms with Gasteiger partial charge in [-0.25, -0.2) is 0 Å². The van der Waals surface area contributed by atoms with Crippen molar-refractivity contribution in [3.05, 3.63) is 72.9 Å². The molecule has 0 amide bonds. The number of aliphatic hydroxyl groups is 4. The minimum absolute atomic E-state index is 0.196. The van der Waals surface area contributed by atoms with Crippen molar-refractivity contribution < 1.29 is 49.0 Å². The van der Waals surface area contributed by atoms with Gasteiger partial charge < -0.3 is 39.4 Å². The molecule has 1 rings (SSSR count). The fourth-order valence-electron chi connectivity index (χ4n) is 5.62. The van der Waals surface area contributed by atoms with Crippen LogP contribution in [0.2, 0.25) is 0 Å². The third-order valence-electron chi connectivity index (χ3n) is 8.92. The molecule has 1 fully saturated rings. The molecule has 54 heavy (non-hydrogen) atoms. The molecule has 0 spiro atoms. The molecule has 4 N–H and O–H groups in total. The van der Waals surface area contributed by atoms with Crippen molar-refractivity contribution in [2.24, 2.45) is 0 Å². The predicted octanol–water partition coefficient (Wildman–Crippen LogP) is 8.05. The average Bonchev–Trinajstić information content (AvgIpc) is 3.17. The minimum Gasteiger partial charge on any atom is -0.462 e. The highest BCUT2D eigenvalue weighted by molar-refractivity contribution is 5.70. The van der Waals surface area contributed by atoms with E-state index in [4.69, 9.17) is 18.9 Å². The summed E-state index contributed by atoms with van der Waals surface area (Å²) in [5, 5.41) is 40.0. The summed E-state index contributed by atoms with van der Waals surface area (Å²) in [5.74, 6) is -0.859. The summed E-state index contributed by atoms with van der Waals surface area (Å²) in [6, 6.07) is 0. The Bertz CT molecular complexity index is 1110. The van der Waals surface area contributed by atoms with Crippen molar-refractivity contribution in [2.45, 2.75) is 173 Å². The standard InChI is InChI=1S/C44H72O10/c1-3-5-7-9-11-13-15-17-19-21-23-25-27-29-31-33-40(47)53-37(36-52-44-43(50)42(49)41(48)38(34-45)54-44)35-51-39(46)32-30-28-26-24-22-20-18-16-14-12-10-8-6-4-2/h5,7,9-13,15-19,37-38,41-45,48-50H,3-4,6,8,14,20-36H2,1-2H3/b7-5+,11-9+,12-10+,15-13+,18-16+,19-17+/t37-,38-,41+,42?,43?,44-/m0/s1. The second-order valence-corrected chi connectivity index (χ2v) is 13.8. The van der Waals surface area contributed by atoms with Crippen LogP contribution in [0, 0.1) is 0 Å². The van der Waals surface area contributed by atoms with Crippen molar-refractivity contribution in [3.8, 4) is 0 Å². The molecule has 0 aromatic rings. The largest absolute Gasteiger partial charge is 0.462 e. The molecule has 10 nitrogen and oxygen atoms in total. The van der Waals surface area contributed by atoms with Crippen LogP contribution >= 0.6 is 0 Å². The number of unbranched alkanes of at least 4 members (excludes halogenated alkanes) is 12. The summed E-state index contributed by atoms with van der Waals surface area (Å²) in [5.41, 5.74) is 0. The fraction of sp³-hybridized carbons (Fsp3) is 0.682. The minimum atomic E-state index is -1.60. The van der Waals surface area contributed by atoms with Gasteiger partial charge in [-0.05, 0) is 57.8 Å². The first kappa shape index (κ1) is 49.2. The number of allylic oxidation sites excluding steroid dienone is 12. The Morgan fingerprint density at radius 3 is 1.80 bits per heavy atom. The number of hydrogen-bond donors (Lipinski definition) is 4. The molecule has 0 aromatic carbocycles. The van der Waals surface area contributed by atoms with Crippen LogP contribution in [-0.2, 0) is 28.5 Å². The lowest BCUT2D eigenvalue weighted by molar-refractivity contribution is -0.305. The number of rotatable bonds is 32. The maximum absolute atomic E-state index is 12.7. The predicted molar refractivity (Wildman–Crippen MR) is 214 cm³/mol. The summed E-state index contributed by atoms with van der Waals surface area (Å²) in [6.07, 6.45) is 34.7. The van der Waals surface area contributed by atoms with Gasteiger partial charge in [0.05, 0.1) is 13.2 Å². The van der Waals surface area contributed by atoms with Crippen LogP contribution in [0.1, 0.15) is 136 Å². The molecule has 10 heteroatoms. The normalized spacial score (nSPS) is 21.5. The maximum Gasteiger partial charge on any atom is 0.306 e. The summed E-state index contributed by atoms with van der Waals surface area (Å²) >= 11 is 0. The van der Waals surface area contributed by atoms with Gasteiger partial charge in [-0.2, -0.15) is 0 Å². The Kier molecular flexibility index (Phi) is 31.5. The monoisotopic (exact) mass is 761 g/mol. The molecule has 308 valence electrons. The molecule has 0 bridgehead atoms. The fourth-order valence-corrected chi connectivity index (χ4v) is 5.62. The van der Waals surface area contributed by atoms with Gasteiger partial charge in [0, 0.05) is 12.8 Å². The van der Waals surface area contributed by atoms with Crippen molar-refractivity contribution >= 4 is 11.9 Å². The molecule has 1 aliphatic heterocycles. The molecule has 1 heterocycles. The second kappa shape index (κ2) is 34.6. The highest BCUT2D eigenvalue weighted by atomic mass is 16.7. The third-order valence-corrected chi connectivity index (χ3v) is 8.92. The van der Waals surface area contributed by atoms with Crippen LogP contribution in [0.3, 0.4) is 0 Å². The van der Waals surface area contributed by atoms with Gasteiger partial charge >= 0.3 is 11.9 Å². The van der Waals surface area contributed by atoms with E-state index < -0.39 is 55.4 Å². The summed E-state index contributed by atoms with van der Waals surface area (Å²) in [7, 11) is 0. The first-order valence-electron chi connectivity index (χ1n) is 20.6. The highest BCUT2D eigenvalue weighted by Crippen LogP contribution is 2.22. The topological polar surface area (TPSA) is 152 Å². The Morgan fingerprint density at radius 2 is 1.17 bits per heavy atom. The molecular formula is C44H72O10. The van der Waals surface area contributed by atoms with E-state index in [9.17, 15) is 30.0 Å². The van der Waals surface area contributed by atoms with Gasteiger partial charge in [-0.15, -0.1) is 0 Å². The van der Waals surface area contributed by atoms with Gasteiger partial charge in [0.15, 0.2) is 12.4 Å². The average molecular weight is 761 g/mol. The molecule has 1 saturated heterocycles. The lowest BCUT2D eigenvalue weighted by Crippen LogP contribution is -2.59. The smallest absolute Gasteiger partial charge is 0.306 e. The van der Waals surface area contributed by atoms with E-state index in [-0.39, 0.29) is 26.1 Å². The number of carbonyl (C=O) groups is 2. The zero-order chi connectivity index (χ0) is 39.5. The van der Waals surface area contributed by atoms with E-state index in [0.29, 0.717) is 12.8 Å². The van der Waals surface area contributed by atoms with Gasteiger partial charge in [-0.1, -0.05) is 138 Å². The van der Waals surface area contributed by atoms with Gasteiger partial charge in [0.25, 0.3) is 0 Å². The van der Waals surface area contributed by atoms with E-state index in [1.807, 2.05) is 30.4 Å². The van der Waals surface area contributed by atoms with E-state index in [1.165, 1.54) is 12.8 Å². The van der Waals surface area contributed by atoms with E-state index in [2.05, 4.69) is 56.4 Å². The molecule has 0 saturated carbocycles. The van der Waals surface area contributed by atoms with Crippen LogP contribution in [0.25, 0.3) is 0 Å². The van der Waals surface area contributed by atoms with Crippen molar-refractivity contribution in [1.29, 1.82) is 0 Å². The summed E-state index contributed by atoms with van der Waals surface area (Å²) in [6.45, 7) is 3.17. The van der Waals surface area contributed by atoms with E-state index in [1.54, 1.807) is 0 Å². The number of esters is 2. The van der Waals surface area contributed by atoms with Crippen molar-refractivity contribution in [2.75, 3.05) is 19.8 Å². The summed E-state index contributed by atoms with van der Waals surface area (Å²) in [4.78, 5) is 25.2.